The highest BCUT2D eigenvalue weighted by atomic mass is 79.9. The number of carbonyl (C=O) groups excluding carboxylic acids is 1. The van der Waals surface area contributed by atoms with Gasteiger partial charge in [-0.1, -0.05) is 35.2 Å². The van der Waals surface area contributed by atoms with Gasteiger partial charge in [0.25, 0.3) is 0 Å². The predicted octanol–water partition coefficient (Wildman–Crippen LogP) is 4.34. The number of hydrogen-bond donors (Lipinski definition) is 0. The lowest BCUT2D eigenvalue weighted by molar-refractivity contribution is -0.128. The molecule has 1 heterocycles. The zero-order valence-electron chi connectivity index (χ0n) is 15.6. The summed E-state index contributed by atoms with van der Waals surface area (Å²) in [5, 5.41) is 0. The molecule has 1 aliphatic carbocycles. The number of hydrogen-bond acceptors (Lipinski definition) is 3. The van der Waals surface area contributed by atoms with Crippen molar-refractivity contribution in [1.29, 1.82) is 0 Å². The summed E-state index contributed by atoms with van der Waals surface area (Å²) in [5.74, 6) is 0.901. The first-order valence-electron chi connectivity index (χ1n) is 9.80. The zero-order chi connectivity index (χ0) is 18.4. The van der Waals surface area contributed by atoms with Crippen molar-refractivity contribution in [2.75, 3.05) is 32.8 Å². The Morgan fingerprint density at radius 3 is 2.62 bits per heavy atom. The van der Waals surface area contributed by atoms with Crippen LogP contribution >= 0.6 is 15.9 Å². The van der Waals surface area contributed by atoms with Gasteiger partial charge in [0.05, 0.1) is 6.61 Å². The quantitative estimate of drug-likeness (QED) is 0.664. The lowest BCUT2D eigenvalue weighted by atomic mass is 9.94. The van der Waals surface area contributed by atoms with Gasteiger partial charge in [0.15, 0.2) is 0 Å². The summed E-state index contributed by atoms with van der Waals surface area (Å²) in [7, 11) is 0. The summed E-state index contributed by atoms with van der Waals surface area (Å²) < 4.78 is 6.63. The molecule has 5 heteroatoms. The van der Waals surface area contributed by atoms with Crippen LogP contribution in [0.4, 0.5) is 0 Å². The largest absolute Gasteiger partial charge is 0.493 e. The maximum Gasteiger partial charge on any atom is 0.246 e. The minimum Gasteiger partial charge on any atom is -0.493 e. The molecule has 0 spiro atoms. The van der Waals surface area contributed by atoms with E-state index in [1.165, 1.54) is 32.1 Å². The molecule has 0 atom stereocenters. The molecule has 1 aromatic carbocycles. The Labute approximate surface area is 165 Å². The van der Waals surface area contributed by atoms with Crippen LogP contribution in [-0.4, -0.2) is 54.5 Å². The van der Waals surface area contributed by atoms with Crippen LogP contribution in [0.3, 0.4) is 0 Å². The average Bonchev–Trinajstić information content (AvgIpc) is 2.69. The van der Waals surface area contributed by atoms with Crippen LogP contribution in [0.5, 0.6) is 5.75 Å². The highest BCUT2D eigenvalue weighted by Crippen LogP contribution is 2.25. The number of carbonyl (C=O) groups is 1. The van der Waals surface area contributed by atoms with E-state index in [2.05, 4.69) is 20.8 Å². The molecule has 1 aliphatic heterocycles. The number of amides is 1. The molecule has 0 unspecified atom stereocenters. The van der Waals surface area contributed by atoms with E-state index in [1.54, 1.807) is 6.08 Å². The lowest BCUT2D eigenvalue weighted by Crippen LogP contribution is -2.52. The Hall–Kier alpha value is -1.33. The number of halogens is 1. The van der Waals surface area contributed by atoms with E-state index in [9.17, 15) is 4.79 Å². The Balaban J connectivity index is 1.55. The molecule has 142 valence electrons. The van der Waals surface area contributed by atoms with Gasteiger partial charge in [-0.15, -0.1) is 0 Å². The minimum atomic E-state index is 0.0933. The van der Waals surface area contributed by atoms with Crippen molar-refractivity contribution in [2.45, 2.75) is 45.1 Å². The molecular weight excluding hydrogens is 392 g/mol. The van der Waals surface area contributed by atoms with Gasteiger partial charge in [0, 0.05) is 48.3 Å². The first-order chi connectivity index (χ1) is 12.7. The van der Waals surface area contributed by atoms with Crippen molar-refractivity contribution in [3.05, 3.63) is 34.3 Å². The number of nitrogens with zero attached hydrogens (tertiary/aromatic N) is 2. The second kappa shape index (κ2) is 9.56. The second-order valence-corrected chi connectivity index (χ2v) is 8.02. The zero-order valence-corrected chi connectivity index (χ0v) is 17.2. The number of rotatable bonds is 5. The second-order valence-electron chi connectivity index (χ2n) is 7.10. The van der Waals surface area contributed by atoms with E-state index >= 15 is 0 Å². The topological polar surface area (TPSA) is 32.8 Å². The molecule has 0 radical (unpaired) electrons. The van der Waals surface area contributed by atoms with Crippen LogP contribution < -0.4 is 4.74 Å². The Morgan fingerprint density at radius 2 is 1.92 bits per heavy atom. The molecule has 1 saturated carbocycles. The van der Waals surface area contributed by atoms with E-state index in [4.69, 9.17) is 4.74 Å². The molecule has 1 amide bonds. The van der Waals surface area contributed by atoms with E-state index < -0.39 is 0 Å². The van der Waals surface area contributed by atoms with E-state index in [-0.39, 0.29) is 5.91 Å². The van der Waals surface area contributed by atoms with Gasteiger partial charge in [0.1, 0.15) is 5.75 Å². The van der Waals surface area contributed by atoms with Crippen molar-refractivity contribution in [3.8, 4) is 5.75 Å². The van der Waals surface area contributed by atoms with E-state index in [1.807, 2.05) is 36.1 Å². The maximum atomic E-state index is 12.6. The normalized spacial score (nSPS) is 19.8. The molecule has 2 fully saturated rings. The third kappa shape index (κ3) is 5.10. The molecule has 0 bridgehead atoms. The van der Waals surface area contributed by atoms with Crippen LogP contribution in [0.1, 0.15) is 44.6 Å². The fraction of sp³-hybridized carbons (Fsp3) is 0.571. The van der Waals surface area contributed by atoms with Crippen molar-refractivity contribution in [2.24, 2.45) is 0 Å². The van der Waals surface area contributed by atoms with Crippen molar-refractivity contribution >= 4 is 27.9 Å². The van der Waals surface area contributed by atoms with Crippen LogP contribution in [0.15, 0.2) is 28.7 Å². The number of ether oxygens (including phenoxy) is 1. The van der Waals surface area contributed by atoms with Crippen LogP contribution in [-0.2, 0) is 4.79 Å². The van der Waals surface area contributed by atoms with Gasteiger partial charge in [-0.2, -0.15) is 0 Å². The average molecular weight is 421 g/mol. The summed E-state index contributed by atoms with van der Waals surface area (Å²) >= 11 is 3.49. The van der Waals surface area contributed by atoms with Crippen LogP contribution in [0, 0.1) is 0 Å². The Kier molecular flexibility index (Phi) is 7.15. The summed E-state index contributed by atoms with van der Waals surface area (Å²) in [5.41, 5.74) is 0.926. The highest BCUT2D eigenvalue weighted by molar-refractivity contribution is 9.10. The monoisotopic (exact) mass is 420 g/mol. The lowest BCUT2D eigenvalue weighted by Gasteiger charge is -2.40. The van der Waals surface area contributed by atoms with Gasteiger partial charge in [0.2, 0.25) is 5.91 Å². The summed E-state index contributed by atoms with van der Waals surface area (Å²) in [6.07, 6.45) is 10.3. The first-order valence-corrected chi connectivity index (χ1v) is 10.6. The maximum absolute atomic E-state index is 12.6. The fourth-order valence-electron chi connectivity index (χ4n) is 3.96. The molecule has 1 aromatic rings. The van der Waals surface area contributed by atoms with E-state index in [0.29, 0.717) is 6.61 Å². The Morgan fingerprint density at radius 1 is 1.19 bits per heavy atom. The van der Waals surface area contributed by atoms with Crippen molar-refractivity contribution in [1.82, 2.24) is 9.80 Å². The highest BCUT2D eigenvalue weighted by Gasteiger charge is 2.26. The van der Waals surface area contributed by atoms with Gasteiger partial charge in [-0.25, -0.2) is 0 Å². The number of benzene rings is 1. The standard InChI is InChI=1S/C21H29BrN2O2/c1-2-26-20-10-9-18(22)16-17(20)8-11-21(25)24-14-12-23(13-15-24)19-6-4-3-5-7-19/h8-11,16,19H,2-7,12-15H2,1H3. The first kappa shape index (κ1) is 19.4. The van der Waals surface area contributed by atoms with Gasteiger partial charge in [-0.05, 0) is 44.0 Å². The third-order valence-electron chi connectivity index (χ3n) is 5.39. The molecule has 3 rings (SSSR count). The molecule has 2 aliphatic rings. The summed E-state index contributed by atoms with van der Waals surface area (Å²) in [6, 6.07) is 6.61. The van der Waals surface area contributed by atoms with Gasteiger partial charge < -0.3 is 9.64 Å². The molecule has 4 nitrogen and oxygen atoms in total. The van der Waals surface area contributed by atoms with E-state index in [0.717, 1.165) is 48.0 Å². The Bertz CT molecular complexity index is 633. The minimum absolute atomic E-state index is 0.0933. The third-order valence-corrected chi connectivity index (χ3v) is 5.89. The van der Waals surface area contributed by atoms with Gasteiger partial charge in [-0.3, -0.25) is 9.69 Å². The molecule has 0 aromatic heterocycles. The molecule has 26 heavy (non-hydrogen) atoms. The number of piperazine rings is 1. The smallest absolute Gasteiger partial charge is 0.246 e. The van der Waals surface area contributed by atoms with Crippen molar-refractivity contribution in [3.63, 3.8) is 0 Å². The SMILES string of the molecule is CCOc1ccc(Br)cc1C=CC(=O)N1CCN(C2CCCCC2)CC1. The van der Waals surface area contributed by atoms with Crippen LogP contribution in [0.25, 0.3) is 6.08 Å². The van der Waals surface area contributed by atoms with Crippen molar-refractivity contribution < 1.29 is 9.53 Å². The predicted molar refractivity (Wildman–Crippen MR) is 109 cm³/mol. The summed E-state index contributed by atoms with van der Waals surface area (Å²) in [4.78, 5) is 17.1. The molecule has 1 saturated heterocycles. The fourth-order valence-corrected chi connectivity index (χ4v) is 4.34. The molecule has 0 N–H and O–H groups in total. The molecular formula is C21H29BrN2O2. The summed E-state index contributed by atoms with van der Waals surface area (Å²) in [6.45, 7) is 6.25. The van der Waals surface area contributed by atoms with Gasteiger partial charge >= 0.3 is 0 Å². The van der Waals surface area contributed by atoms with Crippen LogP contribution in [0.2, 0.25) is 0 Å².